The quantitative estimate of drug-likeness (QED) is 0.547. The molecule has 0 aliphatic heterocycles. The minimum atomic E-state index is 0.827. The van der Waals surface area contributed by atoms with Crippen molar-refractivity contribution in [2.24, 2.45) is 5.92 Å². The fourth-order valence-electron chi connectivity index (χ4n) is 1.64. The Balaban J connectivity index is 3.43. The van der Waals surface area contributed by atoms with Crippen LogP contribution >= 0.6 is 0 Å². The van der Waals surface area contributed by atoms with Crippen LogP contribution in [0, 0.1) is 5.92 Å². The number of hydrogen-bond donors (Lipinski definition) is 0. The first kappa shape index (κ1) is 12.7. The van der Waals surface area contributed by atoms with E-state index >= 15 is 0 Å². The maximum absolute atomic E-state index is 2.43. The highest BCUT2D eigenvalue weighted by Crippen LogP contribution is 2.07. The molecule has 0 aromatic carbocycles. The van der Waals surface area contributed by atoms with Gasteiger partial charge in [-0.2, -0.15) is 0 Å². The highest BCUT2D eigenvalue weighted by molar-refractivity contribution is 4.77. The lowest BCUT2D eigenvalue weighted by Crippen LogP contribution is -2.25. The second kappa shape index (κ2) is 8.31. The van der Waals surface area contributed by atoms with Crippen molar-refractivity contribution in [3.8, 4) is 0 Å². The fraction of sp³-hybridized carbons (Fsp3) is 0.833. The van der Waals surface area contributed by atoms with E-state index in [0.717, 1.165) is 5.92 Å². The molecular formula is C12H25N. The predicted octanol–water partition coefficient (Wildman–Crippen LogP) is 3.32. The number of rotatable bonds is 7. The van der Waals surface area contributed by atoms with E-state index in [9.17, 15) is 0 Å². The minimum Gasteiger partial charge on any atom is -0.306 e. The summed E-state index contributed by atoms with van der Waals surface area (Å²) in [7, 11) is 2.22. The Morgan fingerprint density at radius 1 is 1.38 bits per heavy atom. The van der Waals surface area contributed by atoms with Gasteiger partial charge < -0.3 is 4.90 Å². The molecule has 0 N–H and O–H groups in total. The molecule has 0 aromatic heterocycles. The summed E-state index contributed by atoms with van der Waals surface area (Å²) in [5.41, 5.74) is 0. The molecule has 0 bridgehead atoms. The number of nitrogens with zero attached hydrogens (tertiary/aromatic N) is 1. The van der Waals surface area contributed by atoms with E-state index in [4.69, 9.17) is 0 Å². The van der Waals surface area contributed by atoms with Gasteiger partial charge in [0.15, 0.2) is 0 Å². The summed E-state index contributed by atoms with van der Waals surface area (Å²) in [6.07, 6.45) is 8.22. The molecule has 1 nitrogen and oxygen atoms in total. The molecule has 0 heterocycles. The maximum atomic E-state index is 2.43. The molecule has 0 aliphatic carbocycles. The van der Waals surface area contributed by atoms with Crippen molar-refractivity contribution in [3.63, 3.8) is 0 Å². The third-order valence-electron chi connectivity index (χ3n) is 2.29. The Labute approximate surface area is 83.8 Å². The molecule has 0 aromatic rings. The van der Waals surface area contributed by atoms with Crippen LogP contribution in [0.2, 0.25) is 0 Å². The van der Waals surface area contributed by atoms with Gasteiger partial charge in [-0.15, -0.1) is 0 Å². The average molecular weight is 183 g/mol. The normalized spacial score (nSPS) is 14.2. The summed E-state index contributed by atoms with van der Waals surface area (Å²) in [5, 5.41) is 0. The predicted molar refractivity (Wildman–Crippen MR) is 61.0 cm³/mol. The van der Waals surface area contributed by atoms with Crippen molar-refractivity contribution in [1.29, 1.82) is 0 Å². The van der Waals surface area contributed by atoms with Crippen LogP contribution in [0.25, 0.3) is 0 Å². The van der Waals surface area contributed by atoms with E-state index in [1.54, 1.807) is 0 Å². The molecule has 0 rings (SSSR count). The van der Waals surface area contributed by atoms with Gasteiger partial charge in [-0.05, 0) is 45.7 Å². The topological polar surface area (TPSA) is 3.24 Å². The summed E-state index contributed by atoms with van der Waals surface area (Å²) in [5.74, 6) is 0.827. The van der Waals surface area contributed by atoms with E-state index < -0.39 is 0 Å². The summed E-state index contributed by atoms with van der Waals surface area (Å²) in [6.45, 7) is 9.14. The van der Waals surface area contributed by atoms with Crippen LogP contribution in [0.15, 0.2) is 12.2 Å². The van der Waals surface area contributed by atoms with Crippen molar-refractivity contribution < 1.29 is 0 Å². The van der Waals surface area contributed by atoms with Crippen LogP contribution in [0.3, 0.4) is 0 Å². The molecule has 0 saturated carbocycles. The van der Waals surface area contributed by atoms with Crippen LogP contribution in [0.5, 0.6) is 0 Å². The van der Waals surface area contributed by atoms with Crippen LogP contribution < -0.4 is 0 Å². The summed E-state index contributed by atoms with van der Waals surface area (Å²) in [6, 6.07) is 0. The Kier molecular flexibility index (Phi) is 8.11. The van der Waals surface area contributed by atoms with E-state index in [1.807, 2.05) is 0 Å². The Hall–Kier alpha value is -0.300. The van der Waals surface area contributed by atoms with Gasteiger partial charge in [0, 0.05) is 6.54 Å². The molecule has 0 saturated heterocycles. The van der Waals surface area contributed by atoms with Crippen molar-refractivity contribution in [2.45, 2.75) is 40.0 Å². The standard InChI is InChI=1S/C12H25N/c1-5-7-8-9-12(3)11-13(4)10-6-2/h5,7,12H,6,8-11H2,1-4H3/b7-5+. The lowest BCUT2D eigenvalue weighted by atomic mass is 10.1. The third kappa shape index (κ3) is 8.04. The van der Waals surface area contributed by atoms with Gasteiger partial charge in [0.2, 0.25) is 0 Å². The highest BCUT2D eigenvalue weighted by atomic mass is 15.1. The zero-order chi connectivity index (χ0) is 10.1. The molecule has 0 radical (unpaired) electrons. The molecule has 0 fully saturated rings. The van der Waals surface area contributed by atoms with Crippen molar-refractivity contribution in [1.82, 2.24) is 4.90 Å². The van der Waals surface area contributed by atoms with Crippen LogP contribution in [0.1, 0.15) is 40.0 Å². The first-order valence-electron chi connectivity index (χ1n) is 5.50. The summed E-state index contributed by atoms with van der Waals surface area (Å²) < 4.78 is 0. The van der Waals surface area contributed by atoms with Gasteiger partial charge in [0.1, 0.15) is 0 Å². The van der Waals surface area contributed by atoms with Gasteiger partial charge in [0.05, 0.1) is 0 Å². The van der Waals surface area contributed by atoms with Gasteiger partial charge >= 0.3 is 0 Å². The van der Waals surface area contributed by atoms with Crippen LogP contribution in [0.4, 0.5) is 0 Å². The van der Waals surface area contributed by atoms with Crippen molar-refractivity contribution >= 4 is 0 Å². The van der Waals surface area contributed by atoms with Gasteiger partial charge in [0.25, 0.3) is 0 Å². The first-order valence-corrected chi connectivity index (χ1v) is 5.50. The zero-order valence-electron chi connectivity index (χ0n) is 9.71. The largest absolute Gasteiger partial charge is 0.306 e. The molecule has 1 unspecified atom stereocenters. The summed E-state index contributed by atoms with van der Waals surface area (Å²) >= 11 is 0. The third-order valence-corrected chi connectivity index (χ3v) is 2.29. The summed E-state index contributed by atoms with van der Waals surface area (Å²) in [4.78, 5) is 2.43. The van der Waals surface area contributed by atoms with Crippen LogP contribution in [-0.4, -0.2) is 25.0 Å². The van der Waals surface area contributed by atoms with E-state index in [0.29, 0.717) is 0 Å². The lowest BCUT2D eigenvalue weighted by molar-refractivity contribution is 0.279. The van der Waals surface area contributed by atoms with E-state index in [-0.39, 0.29) is 0 Å². The number of hydrogen-bond acceptors (Lipinski definition) is 1. The van der Waals surface area contributed by atoms with E-state index in [1.165, 1.54) is 32.4 Å². The minimum absolute atomic E-state index is 0.827. The zero-order valence-corrected chi connectivity index (χ0v) is 9.71. The monoisotopic (exact) mass is 183 g/mol. The van der Waals surface area contributed by atoms with Gasteiger partial charge in [-0.25, -0.2) is 0 Å². The molecule has 0 aliphatic rings. The second-order valence-electron chi connectivity index (χ2n) is 4.01. The molecule has 78 valence electrons. The molecule has 0 amide bonds. The smallest absolute Gasteiger partial charge is 0.000408 e. The van der Waals surface area contributed by atoms with Gasteiger partial charge in [-0.1, -0.05) is 26.0 Å². The van der Waals surface area contributed by atoms with Crippen LogP contribution in [-0.2, 0) is 0 Å². The maximum Gasteiger partial charge on any atom is 0.000408 e. The highest BCUT2D eigenvalue weighted by Gasteiger charge is 2.03. The Bertz CT molecular complexity index is 129. The molecule has 13 heavy (non-hydrogen) atoms. The van der Waals surface area contributed by atoms with E-state index in [2.05, 4.69) is 44.9 Å². The molecule has 0 spiro atoms. The van der Waals surface area contributed by atoms with Crippen molar-refractivity contribution in [3.05, 3.63) is 12.2 Å². The Morgan fingerprint density at radius 3 is 2.62 bits per heavy atom. The van der Waals surface area contributed by atoms with Crippen molar-refractivity contribution in [2.75, 3.05) is 20.1 Å². The molecule has 1 atom stereocenters. The SMILES string of the molecule is C/C=C/CCC(C)CN(C)CCC. The lowest BCUT2D eigenvalue weighted by Gasteiger charge is -2.20. The second-order valence-corrected chi connectivity index (χ2v) is 4.01. The van der Waals surface area contributed by atoms with Gasteiger partial charge in [-0.3, -0.25) is 0 Å². The molecule has 1 heteroatoms. The first-order chi connectivity index (χ1) is 6.20. The molecular weight excluding hydrogens is 158 g/mol. The fourth-order valence-corrected chi connectivity index (χ4v) is 1.64. The average Bonchev–Trinajstić information content (AvgIpc) is 2.05. The number of allylic oxidation sites excluding steroid dienone is 2. The Morgan fingerprint density at radius 2 is 2.08 bits per heavy atom.